The summed E-state index contributed by atoms with van der Waals surface area (Å²) in [6, 6.07) is 0.992. The molecule has 68 heavy (non-hydrogen) atoms. The normalized spacial score (nSPS) is 10.5. The number of carbonyl (C=O) groups excluding carboxylic acids is 3. The minimum Gasteiger partial charge on any atom is -0.463 e. The van der Waals surface area contributed by atoms with Gasteiger partial charge in [0.1, 0.15) is 19.8 Å². The van der Waals surface area contributed by atoms with Crippen molar-refractivity contribution in [3.8, 4) is 0 Å². The van der Waals surface area contributed by atoms with Gasteiger partial charge in [-0.3, -0.25) is 14.4 Å². The van der Waals surface area contributed by atoms with Crippen molar-refractivity contribution in [2.45, 2.75) is 79.7 Å². The molecule has 0 saturated heterocycles. The van der Waals surface area contributed by atoms with Crippen molar-refractivity contribution < 1.29 is 127 Å². The summed E-state index contributed by atoms with van der Waals surface area (Å²) in [5.74, 6) is -2.37. The maximum atomic E-state index is 11.6. The van der Waals surface area contributed by atoms with E-state index in [-0.39, 0.29) is 69.5 Å². The molecule has 0 aliphatic rings. The Morgan fingerprint density at radius 3 is 0.721 bits per heavy atom. The zero-order valence-electron chi connectivity index (χ0n) is 45.1. The number of aliphatic hydroxyl groups excluding tert-OH is 13. The SMILES string of the molecule is CCO[Si](C)(CC(C)C(=O)OCCO)OCC.CCO[Si](C)(CC(C)C(=O)OCCO)OCC.CO.CO.CO.CO.CO.CO.CO.CO.CO.CO.CO[Si](O)(O)CC(C)C(=O)OCCO. The van der Waals surface area contributed by atoms with Crippen molar-refractivity contribution in [2.24, 2.45) is 17.8 Å². The van der Waals surface area contributed by atoms with E-state index >= 15 is 0 Å². The fraction of sp³-hybridized carbons (Fsp3) is 0.923. The Labute approximate surface area is 411 Å². The van der Waals surface area contributed by atoms with Crippen LogP contribution in [0.5, 0.6) is 0 Å². The Kier molecular flexibility index (Phi) is 129. The number of carbonyl (C=O) groups is 3. The van der Waals surface area contributed by atoms with Crippen LogP contribution in [0, 0.1) is 17.8 Å². The number of esters is 3. The van der Waals surface area contributed by atoms with E-state index in [0.29, 0.717) is 38.5 Å². The smallest absolute Gasteiger partial charge is 0.463 e. The molecule has 0 bridgehead atoms. The standard InChI is InChI=1S/2C11H24O5Si.C7H16O6Si.10CH4O/c2*1-5-15-17(4,16-6-2)9-10(3)11(13)14-8-7-12;1-6(5-14(10,11)12-2)7(9)13-4-3-8;10*1-2/h2*10,12H,5-9H2,1-4H3;6,8,10-11H,3-5H2,1-2H3;10*2H,1H3. The van der Waals surface area contributed by atoms with Gasteiger partial charge in [0, 0.05) is 123 Å². The summed E-state index contributed by atoms with van der Waals surface area (Å²) in [6.07, 6.45) is 0. The Bertz CT molecular complexity index is 801. The van der Waals surface area contributed by atoms with Crippen LogP contribution in [0.15, 0.2) is 0 Å². The molecule has 3 unspecified atom stereocenters. The molecule has 0 aromatic carbocycles. The second kappa shape index (κ2) is 88.2. The highest BCUT2D eigenvalue weighted by molar-refractivity contribution is 6.66. The second-order valence-electron chi connectivity index (χ2n) is 10.9. The van der Waals surface area contributed by atoms with Gasteiger partial charge in [0.25, 0.3) is 0 Å². The van der Waals surface area contributed by atoms with Gasteiger partial charge in [-0.25, -0.2) is 0 Å². The van der Waals surface area contributed by atoms with Crippen LogP contribution in [0.2, 0.25) is 31.2 Å². The lowest BCUT2D eigenvalue weighted by Crippen LogP contribution is -2.41. The van der Waals surface area contributed by atoms with Crippen molar-refractivity contribution in [1.29, 1.82) is 0 Å². The lowest BCUT2D eigenvalue weighted by atomic mass is 10.2. The first-order valence-corrected chi connectivity index (χ1v) is 27.8. The highest BCUT2D eigenvalue weighted by Crippen LogP contribution is 2.22. The number of hydrogen-bond acceptors (Lipinski definition) is 26. The predicted octanol–water partition coefficient (Wildman–Crippen LogP) is -2.58. The summed E-state index contributed by atoms with van der Waals surface area (Å²) in [4.78, 5) is 52.6. The van der Waals surface area contributed by atoms with Crippen LogP contribution in [0.4, 0.5) is 0 Å². The molecule has 0 aliphatic heterocycles. The minimum atomic E-state index is -3.71. The molecule has 0 aromatic heterocycles. The van der Waals surface area contributed by atoms with Crippen LogP contribution in [-0.2, 0) is 50.7 Å². The van der Waals surface area contributed by atoms with Gasteiger partial charge in [-0.15, -0.1) is 0 Å². The fourth-order valence-corrected chi connectivity index (χ4v) is 11.0. The van der Waals surface area contributed by atoms with Crippen molar-refractivity contribution in [2.75, 3.05) is 144 Å². The quantitative estimate of drug-likeness (QED) is 0.0268. The molecule has 0 heterocycles. The minimum absolute atomic E-state index is 0.0463. The lowest BCUT2D eigenvalue weighted by Gasteiger charge is -2.27. The zero-order valence-corrected chi connectivity index (χ0v) is 48.1. The Morgan fingerprint density at radius 1 is 0.397 bits per heavy atom. The molecule has 15 N–H and O–H groups in total. The predicted molar refractivity (Wildman–Crippen MR) is 264 cm³/mol. The molecule has 0 amide bonds. The van der Waals surface area contributed by atoms with E-state index in [1.807, 2.05) is 40.8 Å². The molecule has 29 heteroatoms. The molecular weight excluding hydrogens is 969 g/mol. The fourth-order valence-electron chi connectivity index (χ4n) is 4.25. The molecule has 3 atom stereocenters. The van der Waals surface area contributed by atoms with E-state index in [2.05, 4.69) is 9.16 Å². The highest BCUT2D eigenvalue weighted by Gasteiger charge is 2.37. The highest BCUT2D eigenvalue weighted by atomic mass is 28.4. The summed E-state index contributed by atoms with van der Waals surface area (Å²) in [5, 5.41) is 95.5. The van der Waals surface area contributed by atoms with Gasteiger partial charge < -0.3 is 112 Å². The van der Waals surface area contributed by atoms with Gasteiger partial charge in [0.05, 0.1) is 37.6 Å². The monoisotopic (exact) mass is 1070 g/mol. The van der Waals surface area contributed by atoms with E-state index < -0.39 is 37.8 Å². The lowest BCUT2D eigenvalue weighted by molar-refractivity contribution is -0.149. The van der Waals surface area contributed by atoms with Gasteiger partial charge in [0.15, 0.2) is 0 Å². The molecule has 0 aromatic rings. The molecule has 0 saturated carbocycles. The largest absolute Gasteiger partial charge is 0.496 e. The second-order valence-corrected chi connectivity index (χ2v) is 19.7. The number of hydrogen-bond donors (Lipinski definition) is 15. The number of ether oxygens (including phenoxy) is 3. The van der Waals surface area contributed by atoms with Gasteiger partial charge in [0.2, 0.25) is 0 Å². The summed E-state index contributed by atoms with van der Waals surface area (Å²) in [7, 11) is 2.92. The first kappa shape index (κ1) is 99.5. The number of rotatable bonds is 24. The maximum Gasteiger partial charge on any atom is 0.496 e. The molecule has 0 spiro atoms. The summed E-state index contributed by atoms with van der Waals surface area (Å²) in [6.45, 7) is 18.5. The van der Waals surface area contributed by atoms with E-state index in [9.17, 15) is 24.0 Å². The van der Waals surface area contributed by atoms with Crippen LogP contribution in [0.25, 0.3) is 0 Å². The molecule has 0 aliphatic carbocycles. The summed E-state index contributed by atoms with van der Waals surface area (Å²) < 4.78 is 41.4. The topological polar surface area (TPSA) is 429 Å². The summed E-state index contributed by atoms with van der Waals surface area (Å²) >= 11 is 0. The zero-order chi connectivity index (χ0) is 57.8. The first-order chi connectivity index (χ1) is 32.4. The van der Waals surface area contributed by atoms with Gasteiger partial charge in [-0.1, -0.05) is 20.8 Å². The van der Waals surface area contributed by atoms with Gasteiger partial charge in [-0.05, 0) is 40.8 Å². The van der Waals surface area contributed by atoms with Gasteiger partial charge >= 0.3 is 43.8 Å². The average molecular weight is 1070 g/mol. The molecule has 0 fully saturated rings. The van der Waals surface area contributed by atoms with Gasteiger partial charge in [-0.2, -0.15) is 0 Å². The third kappa shape index (κ3) is 81.2. The molecule has 0 rings (SSSR count). The first-order valence-electron chi connectivity index (χ1n) is 20.8. The van der Waals surface area contributed by atoms with Crippen molar-refractivity contribution in [3.05, 3.63) is 0 Å². The van der Waals surface area contributed by atoms with Crippen LogP contribution in [0.1, 0.15) is 48.5 Å². The Morgan fingerprint density at radius 2 is 0.574 bits per heavy atom. The molecule has 26 nitrogen and oxygen atoms in total. The van der Waals surface area contributed by atoms with Crippen LogP contribution < -0.4 is 0 Å². The third-order valence-corrected chi connectivity index (χ3v) is 14.4. The third-order valence-electron chi connectivity index (χ3n) is 6.27. The van der Waals surface area contributed by atoms with Crippen LogP contribution in [0.3, 0.4) is 0 Å². The van der Waals surface area contributed by atoms with E-state index in [0.717, 1.165) is 71.1 Å². The molecule has 428 valence electrons. The van der Waals surface area contributed by atoms with E-state index in [1.54, 1.807) is 13.8 Å². The molecule has 0 radical (unpaired) electrons. The Balaban J connectivity index is -0.0000000510. The Hall–Kier alpha value is -1.74. The van der Waals surface area contributed by atoms with Crippen molar-refractivity contribution >= 4 is 43.8 Å². The maximum absolute atomic E-state index is 11.6. The molecular formula is C39H104O26Si3. The van der Waals surface area contributed by atoms with Crippen LogP contribution >= 0.6 is 0 Å². The van der Waals surface area contributed by atoms with E-state index in [1.165, 1.54) is 14.0 Å². The van der Waals surface area contributed by atoms with Crippen LogP contribution in [-0.4, -0.2) is 264 Å². The van der Waals surface area contributed by atoms with Crippen molar-refractivity contribution in [1.82, 2.24) is 0 Å². The summed E-state index contributed by atoms with van der Waals surface area (Å²) in [5.41, 5.74) is 0. The van der Waals surface area contributed by atoms with E-state index in [4.69, 9.17) is 93.6 Å². The average Bonchev–Trinajstić information content (AvgIpc) is 3.38. The number of aliphatic hydroxyl groups is 13. The van der Waals surface area contributed by atoms with Crippen molar-refractivity contribution in [3.63, 3.8) is 0 Å².